The molecule has 1 atom stereocenters. The van der Waals surface area contributed by atoms with Gasteiger partial charge in [0.05, 0.1) is 11.1 Å². The first-order chi connectivity index (χ1) is 11.2. The van der Waals surface area contributed by atoms with Gasteiger partial charge >= 0.3 is 0 Å². The van der Waals surface area contributed by atoms with Crippen LogP contribution in [0.2, 0.25) is 0 Å². The Labute approximate surface area is 134 Å². The Morgan fingerprint density at radius 3 is 2.87 bits per heavy atom. The number of nitrogen functional groups attached to an aromatic ring is 1. The molecule has 4 rings (SSSR count). The van der Waals surface area contributed by atoms with Crippen molar-refractivity contribution >= 4 is 22.8 Å². The summed E-state index contributed by atoms with van der Waals surface area (Å²) in [6.07, 6.45) is 1.77. The fraction of sp³-hybridized carbons (Fsp3) is 0.312. The maximum Gasteiger partial charge on any atom is 0.222 e. The zero-order chi connectivity index (χ0) is 15.8. The number of para-hydroxylation sites is 1. The quantitative estimate of drug-likeness (QED) is 0.740. The molecule has 1 aliphatic rings. The van der Waals surface area contributed by atoms with Gasteiger partial charge in [-0.15, -0.1) is 5.10 Å². The third-order valence-corrected chi connectivity index (χ3v) is 4.20. The summed E-state index contributed by atoms with van der Waals surface area (Å²) < 4.78 is 1.84. The second-order valence-electron chi connectivity index (χ2n) is 5.78. The number of hydrogen-bond donors (Lipinski definition) is 2. The molecule has 3 N–H and O–H groups in total. The van der Waals surface area contributed by atoms with Crippen LogP contribution < -0.4 is 16.0 Å². The van der Waals surface area contributed by atoms with Crippen molar-refractivity contribution in [3.05, 3.63) is 36.5 Å². The topological polar surface area (TPSA) is 84.9 Å². The minimum absolute atomic E-state index is 0.259. The number of nitrogens with one attached hydrogen (secondary N) is 1. The van der Waals surface area contributed by atoms with E-state index in [0.717, 1.165) is 42.2 Å². The molecule has 3 heterocycles. The van der Waals surface area contributed by atoms with E-state index in [1.165, 1.54) is 0 Å². The molecule has 1 unspecified atom stereocenters. The fourth-order valence-corrected chi connectivity index (χ4v) is 3.02. The van der Waals surface area contributed by atoms with Crippen LogP contribution in [0.4, 0.5) is 11.8 Å². The van der Waals surface area contributed by atoms with Gasteiger partial charge in [0.1, 0.15) is 0 Å². The van der Waals surface area contributed by atoms with Gasteiger partial charge < -0.3 is 16.0 Å². The van der Waals surface area contributed by atoms with E-state index < -0.39 is 0 Å². The molecule has 0 bridgehead atoms. The molecule has 3 aromatic rings. The summed E-state index contributed by atoms with van der Waals surface area (Å²) in [5, 5.41) is 9.16. The molecule has 0 aliphatic carbocycles. The second kappa shape index (κ2) is 5.51. The van der Waals surface area contributed by atoms with Gasteiger partial charge in [0.2, 0.25) is 5.95 Å². The van der Waals surface area contributed by atoms with Crippen LogP contribution in [0, 0.1) is 0 Å². The van der Waals surface area contributed by atoms with E-state index in [1.54, 1.807) is 6.20 Å². The summed E-state index contributed by atoms with van der Waals surface area (Å²) in [6.45, 7) is 4.99. The Balaban J connectivity index is 1.92. The zero-order valence-corrected chi connectivity index (χ0v) is 13.0. The van der Waals surface area contributed by atoms with Crippen molar-refractivity contribution in [1.82, 2.24) is 25.1 Å². The molecule has 1 aliphatic heterocycles. The molecule has 1 aromatic carbocycles. The van der Waals surface area contributed by atoms with Crippen molar-refractivity contribution in [1.29, 1.82) is 0 Å². The normalized spacial score (nSPS) is 18.5. The van der Waals surface area contributed by atoms with E-state index in [1.807, 2.05) is 35.0 Å². The molecular formula is C16H19N7. The van der Waals surface area contributed by atoms with Gasteiger partial charge in [-0.25, -0.2) is 9.67 Å². The summed E-state index contributed by atoms with van der Waals surface area (Å²) in [4.78, 5) is 10.9. The number of rotatable bonds is 2. The fourth-order valence-electron chi connectivity index (χ4n) is 3.02. The lowest BCUT2D eigenvalue weighted by Crippen LogP contribution is -2.50. The van der Waals surface area contributed by atoms with Crippen molar-refractivity contribution in [3.8, 4) is 5.69 Å². The highest BCUT2D eigenvalue weighted by Gasteiger charge is 2.25. The van der Waals surface area contributed by atoms with E-state index in [0.29, 0.717) is 6.04 Å². The lowest BCUT2D eigenvalue weighted by Gasteiger charge is -2.34. The Morgan fingerprint density at radius 2 is 2.09 bits per heavy atom. The number of hydrogen-bond acceptors (Lipinski definition) is 6. The smallest absolute Gasteiger partial charge is 0.222 e. The van der Waals surface area contributed by atoms with Crippen LogP contribution in [0.15, 0.2) is 36.5 Å². The lowest BCUT2D eigenvalue weighted by molar-refractivity contribution is 0.497. The van der Waals surface area contributed by atoms with Gasteiger partial charge in [-0.2, -0.15) is 4.98 Å². The van der Waals surface area contributed by atoms with Crippen molar-refractivity contribution < 1.29 is 0 Å². The molecule has 1 saturated heterocycles. The molecule has 0 radical (unpaired) electrons. The first kappa shape index (κ1) is 14.0. The average Bonchev–Trinajstić information content (AvgIpc) is 2.94. The van der Waals surface area contributed by atoms with Crippen molar-refractivity contribution in [2.75, 3.05) is 30.3 Å². The van der Waals surface area contributed by atoms with Gasteiger partial charge in [-0.05, 0) is 19.1 Å². The number of nitrogens with zero attached hydrogens (tertiary/aromatic N) is 5. The Kier molecular flexibility index (Phi) is 3.34. The molecule has 1 fully saturated rings. The van der Waals surface area contributed by atoms with E-state index in [4.69, 9.17) is 10.8 Å². The maximum atomic E-state index is 5.80. The monoisotopic (exact) mass is 309 g/mol. The summed E-state index contributed by atoms with van der Waals surface area (Å²) in [6, 6.07) is 10.3. The molecule has 7 heteroatoms. The Bertz CT molecular complexity index is 827. The largest absolute Gasteiger partial charge is 0.368 e. The molecule has 0 amide bonds. The van der Waals surface area contributed by atoms with Crippen molar-refractivity contribution in [3.63, 3.8) is 0 Å². The summed E-state index contributed by atoms with van der Waals surface area (Å²) in [5.74, 6) is 1.17. The van der Waals surface area contributed by atoms with E-state index in [-0.39, 0.29) is 5.95 Å². The molecule has 7 nitrogen and oxygen atoms in total. The van der Waals surface area contributed by atoms with E-state index in [2.05, 4.69) is 27.1 Å². The average molecular weight is 309 g/mol. The number of piperazine rings is 1. The second-order valence-corrected chi connectivity index (χ2v) is 5.78. The van der Waals surface area contributed by atoms with Crippen LogP contribution in [-0.4, -0.2) is 45.4 Å². The maximum absolute atomic E-state index is 5.80. The number of aromatic nitrogens is 4. The highest BCUT2D eigenvalue weighted by atomic mass is 15.4. The van der Waals surface area contributed by atoms with E-state index >= 15 is 0 Å². The molecule has 23 heavy (non-hydrogen) atoms. The molecule has 0 spiro atoms. The van der Waals surface area contributed by atoms with E-state index in [9.17, 15) is 0 Å². The van der Waals surface area contributed by atoms with Crippen LogP contribution >= 0.6 is 0 Å². The highest BCUT2D eigenvalue weighted by Crippen LogP contribution is 2.28. The van der Waals surface area contributed by atoms with Gasteiger partial charge in [-0.1, -0.05) is 18.2 Å². The molecule has 2 aromatic heterocycles. The third-order valence-electron chi connectivity index (χ3n) is 4.20. The number of anilines is 2. The van der Waals surface area contributed by atoms with Crippen LogP contribution in [0.1, 0.15) is 6.92 Å². The third kappa shape index (κ3) is 2.39. The number of nitrogens with two attached hydrogens (primary N) is 1. The van der Waals surface area contributed by atoms with Crippen LogP contribution in [-0.2, 0) is 0 Å². The first-order valence-electron chi connectivity index (χ1n) is 7.78. The standard InChI is InChI=1S/C16H19N7/c1-11-9-18-7-8-22(11)15-13-10-19-16(17)20-14(13)23(21-15)12-5-3-2-4-6-12/h2-6,10-11,18H,7-9H2,1H3,(H2,17,19,20). The Morgan fingerprint density at radius 1 is 1.26 bits per heavy atom. The molecular weight excluding hydrogens is 290 g/mol. The van der Waals surface area contributed by atoms with Crippen LogP contribution in [0.5, 0.6) is 0 Å². The minimum atomic E-state index is 0.259. The number of fused-ring (bicyclic) bond motifs is 1. The summed E-state index contributed by atoms with van der Waals surface area (Å²) in [7, 11) is 0. The Hall–Kier alpha value is -2.67. The lowest BCUT2D eigenvalue weighted by atomic mass is 10.2. The SMILES string of the molecule is CC1CNCCN1c1nn(-c2ccccc2)c2nc(N)ncc12. The molecule has 118 valence electrons. The highest BCUT2D eigenvalue weighted by molar-refractivity contribution is 5.89. The van der Waals surface area contributed by atoms with Gasteiger partial charge in [-0.3, -0.25) is 0 Å². The van der Waals surface area contributed by atoms with Crippen molar-refractivity contribution in [2.45, 2.75) is 13.0 Å². The van der Waals surface area contributed by atoms with Crippen LogP contribution in [0.25, 0.3) is 16.7 Å². The summed E-state index contributed by atoms with van der Waals surface area (Å²) >= 11 is 0. The first-order valence-corrected chi connectivity index (χ1v) is 7.78. The van der Waals surface area contributed by atoms with Gasteiger partial charge in [0.25, 0.3) is 0 Å². The number of benzene rings is 1. The predicted molar refractivity (Wildman–Crippen MR) is 90.8 cm³/mol. The minimum Gasteiger partial charge on any atom is -0.368 e. The predicted octanol–water partition coefficient (Wildman–Crippen LogP) is 1.20. The molecule has 0 saturated carbocycles. The summed E-state index contributed by atoms with van der Waals surface area (Å²) in [5.41, 5.74) is 7.50. The van der Waals surface area contributed by atoms with Gasteiger partial charge in [0.15, 0.2) is 11.5 Å². The van der Waals surface area contributed by atoms with Crippen molar-refractivity contribution in [2.24, 2.45) is 0 Å². The van der Waals surface area contributed by atoms with Crippen LogP contribution in [0.3, 0.4) is 0 Å². The zero-order valence-electron chi connectivity index (χ0n) is 13.0. The van der Waals surface area contributed by atoms with Gasteiger partial charge in [0, 0.05) is 31.9 Å².